The molecule has 3 heterocycles. The number of benzene rings is 1. The van der Waals surface area contributed by atoms with Crippen LogP contribution in [0, 0.1) is 13.8 Å². The third-order valence-electron chi connectivity index (χ3n) is 6.17. The Morgan fingerprint density at radius 2 is 1.93 bits per heavy atom. The second-order valence-corrected chi connectivity index (χ2v) is 8.32. The lowest BCUT2D eigenvalue weighted by Gasteiger charge is -2.39. The van der Waals surface area contributed by atoms with Gasteiger partial charge in [-0.05, 0) is 44.7 Å². The van der Waals surface area contributed by atoms with E-state index >= 15 is 0 Å². The van der Waals surface area contributed by atoms with Crippen LogP contribution in [-0.4, -0.2) is 41.9 Å². The molecule has 0 atom stereocenters. The minimum absolute atomic E-state index is 0.0936. The Balaban J connectivity index is 1.42. The molecule has 2 aromatic rings. The van der Waals surface area contributed by atoms with Crippen LogP contribution >= 0.6 is 11.6 Å². The molecule has 2 aliphatic rings. The second kappa shape index (κ2) is 7.37. The molecule has 4 rings (SSSR count). The summed E-state index contributed by atoms with van der Waals surface area (Å²) in [6.45, 7) is 4.56. The first-order valence-electron chi connectivity index (χ1n) is 9.73. The normalized spacial score (nSPS) is 18.3. The zero-order valence-corrected chi connectivity index (χ0v) is 17.2. The van der Waals surface area contributed by atoms with Crippen molar-refractivity contribution in [3.05, 3.63) is 38.7 Å². The molecule has 29 heavy (non-hydrogen) atoms. The van der Waals surface area contributed by atoms with Crippen molar-refractivity contribution in [1.82, 2.24) is 10.2 Å². The van der Waals surface area contributed by atoms with E-state index in [-0.39, 0.29) is 24.0 Å². The largest absolute Gasteiger partial charge is 0.482 e. The number of piperidine rings is 1. The Bertz CT molecular complexity index is 1050. The first-order valence-corrected chi connectivity index (χ1v) is 10.1. The molecule has 0 aliphatic carbocycles. The van der Waals surface area contributed by atoms with Gasteiger partial charge in [0.1, 0.15) is 11.3 Å². The number of nitrogens with one attached hydrogen (secondary N) is 1. The maximum absolute atomic E-state index is 12.6. The van der Waals surface area contributed by atoms with Crippen LogP contribution in [0.2, 0.25) is 5.02 Å². The van der Waals surface area contributed by atoms with Crippen LogP contribution in [0.15, 0.2) is 21.3 Å². The summed E-state index contributed by atoms with van der Waals surface area (Å²) in [5.41, 5.74) is 1.17. The molecular weight excluding hydrogens is 396 g/mol. The van der Waals surface area contributed by atoms with Gasteiger partial charge in [0.2, 0.25) is 5.91 Å². The molecule has 7 nitrogen and oxygen atoms in total. The molecule has 2 fully saturated rings. The molecule has 154 valence electrons. The highest BCUT2D eigenvalue weighted by Gasteiger charge is 2.41. The van der Waals surface area contributed by atoms with Crippen molar-refractivity contribution in [2.45, 2.75) is 45.1 Å². The molecule has 1 aromatic heterocycles. The van der Waals surface area contributed by atoms with Crippen LogP contribution in [0.3, 0.4) is 0 Å². The highest BCUT2D eigenvalue weighted by atomic mass is 35.5. The van der Waals surface area contributed by atoms with E-state index in [1.54, 1.807) is 24.0 Å². The number of carbonyl (C=O) groups excluding carboxylic acids is 2. The molecule has 0 saturated carbocycles. The van der Waals surface area contributed by atoms with E-state index in [4.69, 9.17) is 20.8 Å². The van der Waals surface area contributed by atoms with Crippen LogP contribution in [-0.2, 0) is 9.59 Å². The minimum atomic E-state index is -0.402. The number of aryl methyl sites for hydroxylation is 1. The third-order valence-corrected chi connectivity index (χ3v) is 6.46. The molecule has 2 aliphatic heterocycles. The summed E-state index contributed by atoms with van der Waals surface area (Å²) in [6, 6.07) is 3.24. The number of amides is 2. The summed E-state index contributed by atoms with van der Waals surface area (Å²) in [6.07, 6.45) is 2.91. The van der Waals surface area contributed by atoms with Crippen LogP contribution < -0.4 is 15.7 Å². The lowest BCUT2D eigenvalue weighted by molar-refractivity contribution is -0.135. The Morgan fingerprint density at radius 1 is 1.21 bits per heavy atom. The van der Waals surface area contributed by atoms with Crippen molar-refractivity contribution in [3.63, 3.8) is 0 Å². The van der Waals surface area contributed by atoms with Gasteiger partial charge in [-0.15, -0.1) is 0 Å². The van der Waals surface area contributed by atoms with Gasteiger partial charge >= 0.3 is 5.63 Å². The quantitative estimate of drug-likeness (QED) is 0.774. The van der Waals surface area contributed by atoms with Gasteiger partial charge in [-0.1, -0.05) is 11.6 Å². The molecule has 1 spiro atoms. The molecule has 2 saturated heterocycles. The lowest BCUT2D eigenvalue weighted by Crippen LogP contribution is -2.52. The van der Waals surface area contributed by atoms with Crippen molar-refractivity contribution in [2.75, 3.05) is 19.7 Å². The van der Waals surface area contributed by atoms with Crippen LogP contribution in [0.5, 0.6) is 5.75 Å². The standard InChI is InChI=1S/C21H23ClN2O5/c1-12-13(2)20(27)29-16-10-17(15(22)9-14(12)16)28-11-19(26)24-7-5-21(6-8-24)4-3-18(25)23-21/h9-10H,3-8,11H2,1-2H3,(H,23,25). The number of nitrogens with zero attached hydrogens (tertiary/aromatic N) is 1. The van der Waals surface area contributed by atoms with Crippen molar-refractivity contribution >= 4 is 34.4 Å². The zero-order valence-electron chi connectivity index (χ0n) is 16.5. The Kier molecular flexibility index (Phi) is 5.02. The number of likely N-dealkylation sites (tertiary alicyclic amines) is 1. The van der Waals surface area contributed by atoms with Gasteiger partial charge in [0, 0.05) is 42.1 Å². The number of rotatable bonds is 3. The second-order valence-electron chi connectivity index (χ2n) is 7.92. The summed E-state index contributed by atoms with van der Waals surface area (Å²) in [5.74, 6) is 0.258. The average Bonchev–Trinajstić information content (AvgIpc) is 3.06. The van der Waals surface area contributed by atoms with E-state index < -0.39 is 5.63 Å². The predicted octanol–water partition coefficient (Wildman–Crippen LogP) is 2.71. The molecule has 0 radical (unpaired) electrons. The number of ether oxygens (including phenoxy) is 1. The molecule has 8 heteroatoms. The van der Waals surface area contributed by atoms with Gasteiger partial charge in [-0.2, -0.15) is 0 Å². The fourth-order valence-corrected chi connectivity index (χ4v) is 4.34. The lowest BCUT2D eigenvalue weighted by atomic mass is 9.86. The van der Waals surface area contributed by atoms with Crippen LogP contribution in [0.4, 0.5) is 0 Å². The number of carbonyl (C=O) groups is 2. The zero-order chi connectivity index (χ0) is 20.8. The summed E-state index contributed by atoms with van der Waals surface area (Å²) in [5, 5.41) is 4.16. The third kappa shape index (κ3) is 3.71. The van der Waals surface area contributed by atoms with E-state index in [1.165, 1.54) is 0 Å². The smallest absolute Gasteiger partial charge is 0.339 e. The first kappa shape index (κ1) is 19.8. The molecule has 0 unspecified atom stereocenters. The van der Waals surface area contributed by atoms with Crippen molar-refractivity contribution in [3.8, 4) is 5.75 Å². The molecule has 1 N–H and O–H groups in total. The van der Waals surface area contributed by atoms with Gasteiger partial charge in [0.15, 0.2) is 6.61 Å². The van der Waals surface area contributed by atoms with Crippen LogP contribution in [0.25, 0.3) is 11.0 Å². The molecule has 2 amide bonds. The van der Waals surface area contributed by atoms with Gasteiger partial charge in [0.05, 0.1) is 5.02 Å². The number of fused-ring (bicyclic) bond motifs is 1. The summed E-state index contributed by atoms with van der Waals surface area (Å²) in [4.78, 5) is 37.8. The maximum atomic E-state index is 12.6. The van der Waals surface area contributed by atoms with E-state index in [0.29, 0.717) is 41.4 Å². The van der Waals surface area contributed by atoms with Gasteiger partial charge in [0.25, 0.3) is 5.91 Å². The molecule has 1 aromatic carbocycles. The number of hydrogen-bond donors (Lipinski definition) is 1. The minimum Gasteiger partial charge on any atom is -0.482 e. The highest BCUT2D eigenvalue weighted by molar-refractivity contribution is 6.32. The predicted molar refractivity (Wildman–Crippen MR) is 108 cm³/mol. The number of hydrogen-bond acceptors (Lipinski definition) is 5. The Hall–Kier alpha value is -2.54. The molecule has 0 bridgehead atoms. The van der Waals surface area contributed by atoms with Gasteiger partial charge in [-0.3, -0.25) is 9.59 Å². The van der Waals surface area contributed by atoms with E-state index in [9.17, 15) is 14.4 Å². The number of halogens is 1. The van der Waals surface area contributed by atoms with Gasteiger partial charge in [-0.25, -0.2) is 4.79 Å². The summed E-state index contributed by atoms with van der Waals surface area (Å²) in [7, 11) is 0. The van der Waals surface area contributed by atoms with Gasteiger partial charge < -0.3 is 19.4 Å². The Labute approximate surface area is 172 Å². The van der Waals surface area contributed by atoms with E-state index in [1.807, 2.05) is 6.92 Å². The maximum Gasteiger partial charge on any atom is 0.339 e. The van der Waals surface area contributed by atoms with Crippen molar-refractivity contribution in [2.24, 2.45) is 0 Å². The SMILES string of the molecule is Cc1c(C)c2cc(Cl)c(OCC(=O)N3CCC4(CCC(=O)N4)CC3)cc2oc1=O. The fourth-order valence-electron chi connectivity index (χ4n) is 4.12. The van der Waals surface area contributed by atoms with Crippen LogP contribution in [0.1, 0.15) is 36.8 Å². The fraction of sp³-hybridized carbons (Fsp3) is 0.476. The average molecular weight is 419 g/mol. The highest BCUT2D eigenvalue weighted by Crippen LogP contribution is 2.33. The topological polar surface area (TPSA) is 88.8 Å². The molecular formula is C21H23ClN2O5. The van der Waals surface area contributed by atoms with Crippen molar-refractivity contribution in [1.29, 1.82) is 0 Å². The van der Waals surface area contributed by atoms with E-state index in [0.717, 1.165) is 30.2 Å². The van der Waals surface area contributed by atoms with E-state index in [2.05, 4.69) is 5.32 Å². The summed E-state index contributed by atoms with van der Waals surface area (Å²) < 4.78 is 11.0. The first-order chi connectivity index (χ1) is 13.8. The van der Waals surface area contributed by atoms with Crippen molar-refractivity contribution < 1.29 is 18.7 Å². The monoisotopic (exact) mass is 418 g/mol. The Morgan fingerprint density at radius 3 is 2.59 bits per heavy atom. The summed E-state index contributed by atoms with van der Waals surface area (Å²) >= 11 is 6.32.